The standard InChI is InChI=1S/C12H26O9/c13-1-9(16)4-19-7-12(21-6-11(18)3-15)8-20-5-10(17)2-14/h9-18H,1-8H2. The Labute approximate surface area is 123 Å². The summed E-state index contributed by atoms with van der Waals surface area (Å²) in [5.74, 6) is 0. The molecular formula is C12H26O9. The van der Waals surface area contributed by atoms with E-state index in [0.29, 0.717) is 0 Å². The molecule has 0 rings (SSSR count). The lowest BCUT2D eigenvalue weighted by molar-refractivity contribution is -0.105. The van der Waals surface area contributed by atoms with Crippen molar-refractivity contribution in [3.63, 3.8) is 0 Å². The molecule has 0 aromatic carbocycles. The van der Waals surface area contributed by atoms with Crippen LogP contribution in [-0.4, -0.2) is 108 Å². The average molecular weight is 314 g/mol. The number of hydrogen-bond donors (Lipinski definition) is 6. The molecule has 0 saturated carbocycles. The van der Waals surface area contributed by atoms with Crippen molar-refractivity contribution in [1.29, 1.82) is 0 Å². The van der Waals surface area contributed by atoms with Gasteiger partial charge in [-0.25, -0.2) is 0 Å². The van der Waals surface area contributed by atoms with Crippen LogP contribution >= 0.6 is 0 Å². The molecule has 0 aliphatic carbocycles. The summed E-state index contributed by atoms with van der Waals surface area (Å²) in [5, 5.41) is 53.4. The molecule has 0 saturated heterocycles. The van der Waals surface area contributed by atoms with Crippen LogP contribution in [0.1, 0.15) is 0 Å². The van der Waals surface area contributed by atoms with Crippen molar-refractivity contribution in [2.24, 2.45) is 0 Å². The van der Waals surface area contributed by atoms with E-state index in [1.165, 1.54) is 0 Å². The highest BCUT2D eigenvalue weighted by molar-refractivity contribution is 4.61. The summed E-state index contributed by atoms with van der Waals surface area (Å²) in [6.07, 6.45) is -3.61. The third kappa shape index (κ3) is 11.9. The molecule has 3 unspecified atom stereocenters. The molecule has 0 aromatic heterocycles. The first-order chi connectivity index (χ1) is 10.0. The summed E-state index contributed by atoms with van der Waals surface area (Å²) in [6.45, 7) is -1.52. The predicted molar refractivity (Wildman–Crippen MR) is 70.7 cm³/mol. The zero-order chi connectivity index (χ0) is 16.1. The summed E-state index contributed by atoms with van der Waals surface area (Å²) in [4.78, 5) is 0. The van der Waals surface area contributed by atoms with Crippen molar-refractivity contribution in [2.45, 2.75) is 24.4 Å². The number of ether oxygens (including phenoxy) is 3. The highest BCUT2D eigenvalue weighted by Crippen LogP contribution is 1.99. The molecular weight excluding hydrogens is 288 g/mol. The molecule has 0 heterocycles. The van der Waals surface area contributed by atoms with Crippen LogP contribution in [0.15, 0.2) is 0 Å². The van der Waals surface area contributed by atoms with E-state index in [1.54, 1.807) is 0 Å². The molecule has 9 heteroatoms. The van der Waals surface area contributed by atoms with Gasteiger partial charge in [0.2, 0.25) is 0 Å². The van der Waals surface area contributed by atoms with E-state index in [4.69, 9.17) is 39.7 Å². The second-order valence-electron chi connectivity index (χ2n) is 4.54. The molecule has 0 amide bonds. The van der Waals surface area contributed by atoms with Gasteiger partial charge < -0.3 is 44.8 Å². The Bertz CT molecular complexity index is 213. The minimum Gasteiger partial charge on any atom is -0.394 e. The van der Waals surface area contributed by atoms with Crippen molar-refractivity contribution < 1.29 is 44.8 Å². The fourth-order valence-electron chi connectivity index (χ4n) is 1.22. The first-order valence-corrected chi connectivity index (χ1v) is 6.67. The number of hydrogen-bond acceptors (Lipinski definition) is 9. The monoisotopic (exact) mass is 314 g/mol. The second kappa shape index (κ2) is 13.3. The average Bonchev–Trinajstić information content (AvgIpc) is 2.50. The lowest BCUT2D eigenvalue weighted by atomic mass is 10.3. The largest absolute Gasteiger partial charge is 0.394 e. The van der Waals surface area contributed by atoms with E-state index >= 15 is 0 Å². The van der Waals surface area contributed by atoms with Crippen molar-refractivity contribution in [1.82, 2.24) is 0 Å². The Balaban J connectivity index is 4.01. The van der Waals surface area contributed by atoms with Crippen LogP contribution < -0.4 is 0 Å². The topological polar surface area (TPSA) is 149 Å². The third-order valence-electron chi connectivity index (χ3n) is 2.38. The van der Waals surface area contributed by atoms with Gasteiger partial charge in [0.05, 0.1) is 52.9 Å². The maximum absolute atomic E-state index is 9.21. The predicted octanol–water partition coefficient (Wildman–Crippen LogP) is -3.54. The van der Waals surface area contributed by atoms with Crippen molar-refractivity contribution >= 4 is 0 Å². The fraction of sp³-hybridized carbons (Fsp3) is 1.00. The highest BCUT2D eigenvalue weighted by atomic mass is 16.6. The van der Waals surface area contributed by atoms with Gasteiger partial charge in [0.15, 0.2) is 0 Å². The van der Waals surface area contributed by atoms with Crippen LogP contribution in [0.25, 0.3) is 0 Å². The SMILES string of the molecule is OCC(O)COCC(COCC(O)CO)OCC(O)CO. The summed E-state index contributed by atoms with van der Waals surface area (Å²) >= 11 is 0. The Hall–Kier alpha value is -0.360. The smallest absolute Gasteiger partial charge is 0.104 e. The first-order valence-electron chi connectivity index (χ1n) is 6.67. The van der Waals surface area contributed by atoms with Gasteiger partial charge in [-0.3, -0.25) is 0 Å². The molecule has 3 atom stereocenters. The van der Waals surface area contributed by atoms with Crippen LogP contribution in [0.4, 0.5) is 0 Å². The zero-order valence-electron chi connectivity index (χ0n) is 11.9. The lowest BCUT2D eigenvalue weighted by Gasteiger charge is -2.20. The molecule has 6 N–H and O–H groups in total. The summed E-state index contributed by atoms with van der Waals surface area (Å²) in [5.41, 5.74) is 0. The maximum Gasteiger partial charge on any atom is 0.104 e. The van der Waals surface area contributed by atoms with Gasteiger partial charge in [0.25, 0.3) is 0 Å². The van der Waals surface area contributed by atoms with Gasteiger partial charge in [-0.15, -0.1) is 0 Å². The fourth-order valence-corrected chi connectivity index (χ4v) is 1.22. The van der Waals surface area contributed by atoms with Crippen LogP contribution in [0.5, 0.6) is 0 Å². The minimum atomic E-state index is -1.03. The van der Waals surface area contributed by atoms with Crippen LogP contribution in [0, 0.1) is 0 Å². The molecule has 9 nitrogen and oxygen atoms in total. The number of aliphatic hydroxyl groups is 6. The molecule has 21 heavy (non-hydrogen) atoms. The van der Waals surface area contributed by atoms with Crippen molar-refractivity contribution in [3.05, 3.63) is 0 Å². The van der Waals surface area contributed by atoms with E-state index in [2.05, 4.69) is 0 Å². The van der Waals surface area contributed by atoms with E-state index in [9.17, 15) is 5.11 Å². The van der Waals surface area contributed by atoms with E-state index < -0.39 is 44.2 Å². The molecule has 0 fully saturated rings. The van der Waals surface area contributed by atoms with Crippen LogP contribution in [0.2, 0.25) is 0 Å². The zero-order valence-corrected chi connectivity index (χ0v) is 11.9. The summed E-state index contributed by atoms with van der Waals surface area (Å²) < 4.78 is 15.5. The third-order valence-corrected chi connectivity index (χ3v) is 2.38. The minimum absolute atomic E-state index is 0.0322. The number of aliphatic hydroxyl groups excluding tert-OH is 6. The van der Waals surface area contributed by atoms with E-state index in [1.807, 2.05) is 0 Å². The first kappa shape index (κ1) is 20.6. The van der Waals surface area contributed by atoms with Crippen molar-refractivity contribution in [2.75, 3.05) is 52.9 Å². The molecule has 0 aliphatic heterocycles. The highest BCUT2D eigenvalue weighted by Gasteiger charge is 2.15. The van der Waals surface area contributed by atoms with Gasteiger partial charge in [0, 0.05) is 0 Å². The Morgan fingerprint density at radius 1 is 0.571 bits per heavy atom. The summed E-state index contributed by atoms with van der Waals surface area (Å²) in [6, 6.07) is 0. The molecule has 0 radical (unpaired) electrons. The van der Waals surface area contributed by atoms with E-state index in [0.717, 1.165) is 0 Å². The number of rotatable bonds is 14. The molecule has 0 aliphatic rings. The Morgan fingerprint density at radius 3 is 1.33 bits per heavy atom. The van der Waals surface area contributed by atoms with Gasteiger partial charge in [-0.1, -0.05) is 0 Å². The molecule has 0 aromatic rings. The molecule has 128 valence electrons. The quantitative estimate of drug-likeness (QED) is 0.192. The van der Waals surface area contributed by atoms with Crippen LogP contribution in [-0.2, 0) is 14.2 Å². The van der Waals surface area contributed by atoms with Gasteiger partial charge in [-0.05, 0) is 0 Å². The normalized spacial score (nSPS) is 17.4. The molecule has 0 spiro atoms. The van der Waals surface area contributed by atoms with Gasteiger partial charge >= 0.3 is 0 Å². The molecule has 0 bridgehead atoms. The van der Waals surface area contributed by atoms with E-state index in [-0.39, 0.29) is 33.0 Å². The van der Waals surface area contributed by atoms with Gasteiger partial charge in [-0.2, -0.15) is 0 Å². The second-order valence-corrected chi connectivity index (χ2v) is 4.54. The van der Waals surface area contributed by atoms with Crippen molar-refractivity contribution in [3.8, 4) is 0 Å². The van der Waals surface area contributed by atoms with Crippen LogP contribution in [0.3, 0.4) is 0 Å². The van der Waals surface area contributed by atoms with Gasteiger partial charge in [0.1, 0.15) is 24.4 Å². The maximum atomic E-state index is 9.21. The Morgan fingerprint density at radius 2 is 0.952 bits per heavy atom. The lowest BCUT2D eigenvalue weighted by Crippen LogP contribution is -2.33. The summed E-state index contributed by atoms with van der Waals surface area (Å²) in [7, 11) is 0. The Kier molecular flexibility index (Phi) is 13.1.